The molecule has 1 aliphatic rings. The second-order valence-corrected chi connectivity index (χ2v) is 7.88. The molecule has 4 nitrogen and oxygen atoms in total. The van der Waals surface area contributed by atoms with Gasteiger partial charge < -0.3 is 4.90 Å². The van der Waals surface area contributed by atoms with Crippen LogP contribution < -0.4 is 0 Å². The quantitative estimate of drug-likeness (QED) is 0.839. The summed E-state index contributed by atoms with van der Waals surface area (Å²) in [6, 6.07) is 9.21. The highest BCUT2D eigenvalue weighted by molar-refractivity contribution is 7.91. The zero-order valence-corrected chi connectivity index (χ0v) is 13.3. The lowest BCUT2D eigenvalue weighted by Crippen LogP contribution is -2.41. The van der Waals surface area contributed by atoms with Gasteiger partial charge in [-0.15, -0.1) is 0 Å². The molecule has 2 rings (SSSR count). The number of amides is 1. The highest BCUT2D eigenvalue weighted by atomic mass is 32.2. The normalized spacial score (nSPS) is 16.6. The number of hydrogen-bond donors (Lipinski definition) is 0. The Hall–Kier alpha value is -1.36. The van der Waals surface area contributed by atoms with Crippen LogP contribution in [0.1, 0.15) is 37.7 Å². The summed E-state index contributed by atoms with van der Waals surface area (Å²) in [7, 11) is -1.68. The van der Waals surface area contributed by atoms with Gasteiger partial charge in [-0.1, -0.05) is 49.6 Å². The fourth-order valence-electron chi connectivity index (χ4n) is 2.84. The van der Waals surface area contributed by atoms with Crippen LogP contribution in [0.3, 0.4) is 0 Å². The standard InChI is InChI=1S/C16H23NO3S/c1-17(15-10-6-3-7-11-15)16(18)13-21(19,20)12-14-8-4-2-5-9-14/h2,4-5,8-9,15H,3,6-7,10-13H2,1H3. The fourth-order valence-corrected chi connectivity index (χ4v) is 4.22. The predicted octanol–water partition coefficient (Wildman–Crippen LogP) is 2.39. The Bertz CT molecular complexity index is 562. The number of sulfone groups is 1. The van der Waals surface area contributed by atoms with E-state index in [2.05, 4.69) is 0 Å². The summed E-state index contributed by atoms with van der Waals surface area (Å²) in [6.45, 7) is 0. The third-order valence-electron chi connectivity index (χ3n) is 4.09. The van der Waals surface area contributed by atoms with Crippen molar-refractivity contribution in [3.63, 3.8) is 0 Å². The molecule has 0 N–H and O–H groups in total. The Morgan fingerprint density at radius 3 is 2.38 bits per heavy atom. The Morgan fingerprint density at radius 2 is 1.76 bits per heavy atom. The average molecular weight is 309 g/mol. The maximum Gasteiger partial charge on any atom is 0.237 e. The number of nitrogens with zero attached hydrogens (tertiary/aromatic N) is 1. The SMILES string of the molecule is CN(C(=O)CS(=O)(=O)Cc1ccccc1)C1CCCCC1. The van der Waals surface area contributed by atoms with E-state index in [0.717, 1.165) is 31.2 Å². The van der Waals surface area contributed by atoms with Crippen LogP contribution in [0, 0.1) is 0 Å². The Labute approximate surface area is 127 Å². The summed E-state index contributed by atoms with van der Waals surface area (Å²) in [5.74, 6) is -0.745. The van der Waals surface area contributed by atoms with Crippen molar-refractivity contribution in [2.24, 2.45) is 0 Å². The van der Waals surface area contributed by atoms with E-state index in [4.69, 9.17) is 0 Å². The highest BCUT2D eigenvalue weighted by Gasteiger charge is 2.26. The van der Waals surface area contributed by atoms with E-state index in [0.29, 0.717) is 0 Å². The molecule has 21 heavy (non-hydrogen) atoms. The molecule has 116 valence electrons. The Morgan fingerprint density at radius 1 is 1.14 bits per heavy atom. The molecule has 1 fully saturated rings. The molecule has 1 aromatic rings. The minimum Gasteiger partial charge on any atom is -0.342 e. The summed E-state index contributed by atoms with van der Waals surface area (Å²) >= 11 is 0. The minimum absolute atomic E-state index is 0.0713. The molecule has 1 aromatic carbocycles. The van der Waals surface area contributed by atoms with E-state index in [9.17, 15) is 13.2 Å². The van der Waals surface area contributed by atoms with Crippen molar-refractivity contribution in [3.05, 3.63) is 35.9 Å². The first-order chi connectivity index (χ1) is 9.98. The fraction of sp³-hybridized carbons (Fsp3) is 0.562. The summed E-state index contributed by atoms with van der Waals surface area (Å²) in [5, 5.41) is 0. The molecular weight excluding hydrogens is 286 g/mol. The van der Waals surface area contributed by atoms with Gasteiger partial charge in [0.25, 0.3) is 0 Å². The summed E-state index contributed by atoms with van der Waals surface area (Å²) in [5.41, 5.74) is 0.727. The van der Waals surface area contributed by atoms with E-state index in [1.54, 1.807) is 36.2 Å². The van der Waals surface area contributed by atoms with Gasteiger partial charge >= 0.3 is 0 Å². The summed E-state index contributed by atoms with van der Waals surface area (Å²) < 4.78 is 24.3. The molecule has 0 unspecified atom stereocenters. The second-order valence-electron chi connectivity index (χ2n) is 5.81. The van der Waals surface area contributed by atoms with Gasteiger partial charge in [0.05, 0.1) is 5.75 Å². The molecule has 0 radical (unpaired) electrons. The molecule has 0 spiro atoms. The topological polar surface area (TPSA) is 54.5 Å². The third kappa shape index (κ3) is 4.84. The van der Waals surface area contributed by atoms with Crippen LogP contribution in [0.25, 0.3) is 0 Å². The first-order valence-electron chi connectivity index (χ1n) is 7.48. The molecular formula is C16H23NO3S. The van der Waals surface area contributed by atoms with Crippen molar-refractivity contribution < 1.29 is 13.2 Å². The number of rotatable bonds is 5. The smallest absolute Gasteiger partial charge is 0.237 e. The largest absolute Gasteiger partial charge is 0.342 e. The number of carbonyl (C=O) groups excluding carboxylic acids is 1. The second kappa shape index (κ2) is 7.07. The molecule has 0 saturated heterocycles. The Kier molecular flexibility index (Phi) is 5.39. The molecule has 1 amide bonds. The van der Waals surface area contributed by atoms with Crippen molar-refractivity contribution in [1.29, 1.82) is 0 Å². The average Bonchev–Trinajstić information content (AvgIpc) is 2.47. The molecule has 0 aliphatic heterocycles. The minimum atomic E-state index is -3.41. The number of benzene rings is 1. The van der Waals surface area contributed by atoms with Gasteiger partial charge in [-0.3, -0.25) is 4.79 Å². The number of carbonyl (C=O) groups is 1. The van der Waals surface area contributed by atoms with Crippen molar-refractivity contribution >= 4 is 15.7 Å². The first kappa shape index (κ1) is 16.0. The van der Waals surface area contributed by atoms with Crippen LogP contribution in [0.5, 0.6) is 0 Å². The van der Waals surface area contributed by atoms with E-state index >= 15 is 0 Å². The molecule has 0 bridgehead atoms. The Balaban J connectivity index is 1.94. The molecule has 0 aromatic heterocycles. The van der Waals surface area contributed by atoms with Crippen molar-refractivity contribution in [1.82, 2.24) is 4.90 Å². The van der Waals surface area contributed by atoms with Crippen LogP contribution in [-0.2, 0) is 20.4 Å². The maximum atomic E-state index is 12.2. The molecule has 0 heterocycles. The van der Waals surface area contributed by atoms with Crippen molar-refractivity contribution in [3.8, 4) is 0 Å². The third-order valence-corrected chi connectivity index (χ3v) is 5.55. The number of hydrogen-bond acceptors (Lipinski definition) is 3. The molecule has 0 atom stereocenters. The van der Waals surface area contributed by atoms with Gasteiger partial charge in [0, 0.05) is 13.1 Å². The van der Waals surface area contributed by atoms with Crippen LogP contribution in [0.2, 0.25) is 0 Å². The van der Waals surface area contributed by atoms with E-state index in [1.165, 1.54) is 6.42 Å². The van der Waals surface area contributed by atoms with E-state index in [1.807, 2.05) is 6.07 Å². The lowest BCUT2D eigenvalue weighted by molar-refractivity contribution is -0.129. The van der Waals surface area contributed by atoms with Crippen molar-refractivity contribution in [2.45, 2.75) is 43.9 Å². The zero-order chi connectivity index (χ0) is 15.3. The van der Waals surface area contributed by atoms with Crippen LogP contribution in [0.15, 0.2) is 30.3 Å². The zero-order valence-electron chi connectivity index (χ0n) is 12.5. The summed E-state index contributed by atoms with van der Waals surface area (Å²) in [6.07, 6.45) is 5.44. The van der Waals surface area contributed by atoms with Gasteiger partial charge in [-0.2, -0.15) is 0 Å². The predicted molar refractivity (Wildman–Crippen MR) is 83.6 cm³/mol. The monoisotopic (exact) mass is 309 g/mol. The van der Waals surface area contributed by atoms with Gasteiger partial charge in [-0.05, 0) is 18.4 Å². The van der Waals surface area contributed by atoms with Crippen LogP contribution >= 0.6 is 0 Å². The highest BCUT2D eigenvalue weighted by Crippen LogP contribution is 2.22. The lowest BCUT2D eigenvalue weighted by Gasteiger charge is -2.31. The van der Waals surface area contributed by atoms with Crippen LogP contribution in [0.4, 0.5) is 0 Å². The van der Waals surface area contributed by atoms with Gasteiger partial charge in [0.2, 0.25) is 5.91 Å². The van der Waals surface area contributed by atoms with Gasteiger partial charge in [-0.25, -0.2) is 8.42 Å². The lowest BCUT2D eigenvalue weighted by atomic mass is 9.94. The van der Waals surface area contributed by atoms with E-state index in [-0.39, 0.29) is 17.7 Å². The maximum absolute atomic E-state index is 12.2. The van der Waals surface area contributed by atoms with Crippen molar-refractivity contribution in [2.75, 3.05) is 12.8 Å². The molecule has 1 saturated carbocycles. The molecule has 5 heteroatoms. The first-order valence-corrected chi connectivity index (χ1v) is 9.30. The summed E-state index contributed by atoms with van der Waals surface area (Å²) in [4.78, 5) is 13.8. The van der Waals surface area contributed by atoms with E-state index < -0.39 is 15.6 Å². The van der Waals surface area contributed by atoms with Crippen LogP contribution in [-0.4, -0.2) is 38.1 Å². The molecule has 1 aliphatic carbocycles. The van der Waals surface area contributed by atoms with Gasteiger partial charge in [0.1, 0.15) is 5.75 Å². The van der Waals surface area contributed by atoms with Gasteiger partial charge in [0.15, 0.2) is 9.84 Å².